The van der Waals surface area contributed by atoms with E-state index in [0.717, 1.165) is 57.8 Å². The number of nitrogens with zero attached hydrogens (tertiary/aromatic N) is 3. The van der Waals surface area contributed by atoms with Crippen LogP contribution < -0.4 is 0 Å². The van der Waals surface area contributed by atoms with E-state index in [1.807, 2.05) is 18.2 Å². The highest BCUT2D eigenvalue weighted by atomic mass is 16.7. The van der Waals surface area contributed by atoms with Gasteiger partial charge < -0.3 is 19.5 Å². The van der Waals surface area contributed by atoms with Gasteiger partial charge in [0.05, 0.1) is 19.3 Å². The summed E-state index contributed by atoms with van der Waals surface area (Å²) in [5, 5.41) is 11.8. The third-order valence-corrected chi connectivity index (χ3v) is 6.14. The third kappa shape index (κ3) is 3.81. The van der Waals surface area contributed by atoms with Gasteiger partial charge in [0.15, 0.2) is 6.29 Å². The lowest BCUT2D eigenvalue weighted by molar-refractivity contribution is -0.125. The molecule has 3 fully saturated rings. The van der Waals surface area contributed by atoms with Crippen molar-refractivity contribution < 1.29 is 14.6 Å². The van der Waals surface area contributed by atoms with E-state index in [1.54, 1.807) is 0 Å². The molecule has 3 aliphatic rings. The van der Waals surface area contributed by atoms with Crippen LogP contribution in [0, 0.1) is 0 Å². The van der Waals surface area contributed by atoms with E-state index >= 15 is 0 Å². The van der Waals surface area contributed by atoms with E-state index in [-0.39, 0.29) is 12.3 Å². The Morgan fingerprint density at radius 2 is 1.73 bits per heavy atom. The van der Waals surface area contributed by atoms with Gasteiger partial charge in [-0.3, -0.25) is 9.80 Å². The molecular weight excluding hydrogens is 330 g/mol. The van der Waals surface area contributed by atoms with Gasteiger partial charge >= 0.3 is 0 Å². The molecule has 1 aromatic rings. The van der Waals surface area contributed by atoms with Crippen molar-refractivity contribution in [2.75, 3.05) is 66.1 Å². The molecule has 3 saturated heterocycles. The molecule has 26 heavy (non-hydrogen) atoms. The summed E-state index contributed by atoms with van der Waals surface area (Å²) in [6, 6.07) is 10.3. The van der Waals surface area contributed by atoms with Crippen LogP contribution >= 0.6 is 0 Å². The van der Waals surface area contributed by atoms with Crippen molar-refractivity contribution in [2.24, 2.45) is 0 Å². The number of hydrogen-bond acceptors (Lipinski definition) is 6. The second-order valence-corrected chi connectivity index (χ2v) is 7.83. The smallest absolute Gasteiger partial charge is 0.170 e. The Labute approximate surface area is 156 Å². The fourth-order valence-electron chi connectivity index (χ4n) is 4.49. The molecule has 0 saturated carbocycles. The lowest BCUT2D eigenvalue weighted by Crippen LogP contribution is -2.64. The first-order valence-corrected chi connectivity index (χ1v) is 9.81. The number of rotatable bonds is 4. The van der Waals surface area contributed by atoms with E-state index in [9.17, 15) is 5.11 Å². The van der Waals surface area contributed by atoms with Crippen molar-refractivity contribution in [1.29, 1.82) is 0 Å². The highest BCUT2D eigenvalue weighted by Gasteiger charge is 2.46. The van der Waals surface area contributed by atoms with E-state index in [2.05, 4.69) is 33.9 Å². The molecule has 0 aromatic heterocycles. The van der Waals surface area contributed by atoms with Gasteiger partial charge in [-0.1, -0.05) is 30.3 Å². The molecule has 0 radical (unpaired) electrons. The van der Waals surface area contributed by atoms with Crippen LogP contribution in [0.5, 0.6) is 0 Å². The molecule has 0 amide bonds. The molecule has 144 valence electrons. The van der Waals surface area contributed by atoms with E-state index in [4.69, 9.17) is 9.47 Å². The second-order valence-electron chi connectivity index (χ2n) is 7.83. The first-order valence-electron chi connectivity index (χ1n) is 9.81. The number of piperidine rings is 1. The second kappa shape index (κ2) is 7.92. The zero-order valence-corrected chi connectivity index (χ0v) is 15.7. The summed E-state index contributed by atoms with van der Waals surface area (Å²) in [4.78, 5) is 7.24. The van der Waals surface area contributed by atoms with Crippen LogP contribution in [-0.4, -0.2) is 98.2 Å². The number of aliphatic hydroxyl groups is 1. The van der Waals surface area contributed by atoms with Gasteiger partial charge in [-0.15, -0.1) is 0 Å². The van der Waals surface area contributed by atoms with Gasteiger partial charge in [0, 0.05) is 45.8 Å². The average Bonchev–Trinajstić information content (AvgIpc) is 3.18. The van der Waals surface area contributed by atoms with Crippen molar-refractivity contribution in [3.8, 4) is 0 Å². The Morgan fingerprint density at radius 1 is 1.04 bits per heavy atom. The van der Waals surface area contributed by atoms with Crippen LogP contribution in [0.2, 0.25) is 0 Å². The predicted molar refractivity (Wildman–Crippen MR) is 99.9 cm³/mol. The summed E-state index contributed by atoms with van der Waals surface area (Å²) in [6.45, 7) is 7.97. The van der Waals surface area contributed by atoms with Gasteiger partial charge in [0.1, 0.15) is 5.60 Å². The monoisotopic (exact) mass is 361 g/mol. The quantitative estimate of drug-likeness (QED) is 0.846. The zero-order valence-electron chi connectivity index (χ0n) is 15.7. The lowest BCUT2D eigenvalue weighted by atomic mass is 9.79. The Balaban J connectivity index is 1.53. The molecular formula is C20H31N3O3. The van der Waals surface area contributed by atoms with Crippen LogP contribution in [0.3, 0.4) is 0 Å². The Hall–Kier alpha value is -1.02. The maximum Gasteiger partial charge on any atom is 0.170 e. The minimum absolute atomic E-state index is 0.0914. The van der Waals surface area contributed by atoms with Gasteiger partial charge in [-0.2, -0.15) is 0 Å². The van der Waals surface area contributed by atoms with Crippen LogP contribution in [-0.2, 0) is 15.1 Å². The average molecular weight is 361 g/mol. The number of likely N-dealkylation sites (N-methyl/N-ethyl adjacent to an activating group) is 1. The number of piperazine rings is 1. The highest BCUT2D eigenvalue weighted by Crippen LogP contribution is 2.36. The lowest BCUT2D eigenvalue weighted by Gasteiger charge is -2.51. The molecule has 6 heteroatoms. The topological polar surface area (TPSA) is 48.4 Å². The predicted octanol–water partition coefficient (Wildman–Crippen LogP) is 0.569. The summed E-state index contributed by atoms with van der Waals surface area (Å²) in [5.74, 6) is 0. The van der Waals surface area contributed by atoms with Gasteiger partial charge in [0.2, 0.25) is 0 Å². The van der Waals surface area contributed by atoms with E-state index in [0.29, 0.717) is 13.2 Å². The molecule has 0 aliphatic carbocycles. The fraction of sp³-hybridized carbons (Fsp3) is 0.700. The molecule has 1 N–H and O–H groups in total. The van der Waals surface area contributed by atoms with Gasteiger partial charge in [-0.05, 0) is 19.0 Å². The van der Waals surface area contributed by atoms with Crippen molar-refractivity contribution in [2.45, 2.75) is 24.4 Å². The van der Waals surface area contributed by atoms with Crippen molar-refractivity contribution in [3.63, 3.8) is 0 Å². The normalized spacial score (nSPS) is 32.9. The minimum atomic E-state index is -0.801. The summed E-state index contributed by atoms with van der Waals surface area (Å²) in [6.07, 6.45) is 0.617. The molecule has 4 rings (SSSR count). The molecule has 0 bridgehead atoms. The van der Waals surface area contributed by atoms with Crippen molar-refractivity contribution in [3.05, 3.63) is 35.9 Å². The number of hydrogen-bond donors (Lipinski definition) is 1. The molecule has 1 aromatic carbocycles. The number of ether oxygens (including phenoxy) is 2. The van der Waals surface area contributed by atoms with Crippen LogP contribution in [0.25, 0.3) is 0 Å². The molecule has 0 spiro atoms. The molecule has 0 unspecified atom stereocenters. The van der Waals surface area contributed by atoms with Gasteiger partial charge in [0.25, 0.3) is 0 Å². The van der Waals surface area contributed by atoms with Crippen LogP contribution in [0.15, 0.2) is 30.3 Å². The third-order valence-electron chi connectivity index (χ3n) is 6.14. The Bertz CT molecular complexity index is 573. The Kier molecular flexibility index (Phi) is 5.59. The summed E-state index contributed by atoms with van der Waals surface area (Å²) < 4.78 is 11.3. The fourth-order valence-corrected chi connectivity index (χ4v) is 4.49. The summed E-state index contributed by atoms with van der Waals surface area (Å²) in [5.41, 5.74) is 0.238. The van der Waals surface area contributed by atoms with E-state index in [1.165, 1.54) is 0 Å². The summed E-state index contributed by atoms with van der Waals surface area (Å²) in [7, 11) is 2.17. The van der Waals surface area contributed by atoms with Crippen molar-refractivity contribution >= 4 is 0 Å². The maximum absolute atomic E-state index is 11.8. The Morgan fingerprint density at radius 3 is 2.42 bits per heavy atom. The molecule has 2 atom stereocenters. The molecule has 3 aliphatic heterocycles. The van der Waals surface area contributed by atoms with Crippen LogP contribution in [0.4, 0.5) is 0 Å². The minimum Gasteiger partial charge on any atom is -0.383 e. The van der Waals surface area contributed by atoms with E-state index < -0.39 is 5.60 Å². The van der Waals surface area contributed by atoms with Crippen molar-refractivity contribution in [1.82, 2.24) is 14.7 Å². The zero-order chi connectivity index (χ0) is 18.0. The first-order chi connectivity index (χ1) is 12.6. The highest BCUT2D eigenvalue weighted by molar-refractivity contribution is 5.26. The molecule has 6 nitrogen and oxygen atoms in total. The number of benzene rings is 1. The summed E-state index contributed by atoms with van der Waals surface area (Å²) >= 11 is 0. The van der Waals surface area contributed by atoms with Gasteiger partial charge in [-0.25, -0.2) is 0 Å². The maximum atomic E-state index is 11.8. The van der Waals surface area contributed by atoms with Crippen LogP contribution in [0.1, 0.15) is 12.0 Å². The standard InChI is InChI=1S/C20H31N3O3/c1-21-9-11-23(12-10-21)18-15-22(16-19-25-13-14-26-19)8-7-20(18,24)17-5-3-2-4-6-17/h2-6,18-19,24H,7-16H2,1H3/t18-,20+/m1/s1. The SMILES string of the molecule is CN1CCN([C@@H]2CN(CC3OCCO3)CC[C@]2(O)c2ccccc2)CC1. The molecule has 3 heterocycles. The first kappa shape index (κ1) is 18.3. The largest absolute Gasteiger partial charge is 0.383 e. The number of likely N-dealkylation sites (tertiary alicyclic amines) is 1.